The summed E-state index contributed by atoms with van der Waals surface area (Å²) in [6, 6.07) is 9.31. The smallest absolute Gasteiger partial charge is 0.227 e. The minimum absolute atomic E-state index is 0.474. The minimum Gasteiger partial charge on any atom is -0.384 e. The Morgan fingerprint density at radius 1 is 1.11 bits per heavy atom. The molecule has 0 saturated carbocycles. The van der Waals surface area contributed by atoms with Crippen LogP contribution in [0.1, 0.15) is 13.8 Å². The summed E-state index contributed by atoms with van der Waals surface area (Å²) in [7, 11) is 0. The molecule has 0 aliphatic heterocycles. The molecule has 0 spiro atoms. The summed E-state index contributed by atoms with van der Waals surface area (Å²) in [5.41, 5.74) is 7.66. The second kappa shape index (κ2) is 5.89. The lowest BCUT2D eigenvalue weighted by Crippen LogP contribution is -2.24. The van der Waals surface area contributed by atoms with Crippen molar-refractivity contribution < 1.29 is 0 Å². The summed E-state index contributed by atoms with van der Waals surface area (Å²) in [6.45, 7) is 5.83. The molecule has 0 fully saturated rings. The van der Waals surface area contributed by atoms with Crippen LogP contribution in [0.4, 0.5) is 11.8 Å². The van der Waals surface area contributed by atoms with Crippen LogP contribution in [0.3, 0.4) is 0 Å². The van der Waals surface area contributed by atoms with Crippen molar-refractivity contribution in [2.75, 3.05) is 23.7 Å². The molecule has 0 unspecified atom stereocenters. The van der Waals surface area contributed by atoms with Crippen LogP contribution in [-0.4, -0.2) is 23.1 Å². The van der Waals surface area contributed by atoms with Gasteiger partial charge in [-0.05, 0) is 26.0 Å². The van der Waals surface area contributed by atoms with Crippen molar-refractivity contribution >= 4 is 23.4 Å². The number of aromatic nitrogens is 2. The zero-order chi connectivity index (χ0) is 13.8. The normalized spacial score (nSPS) is 10.5. The molecule has 0 saturated heterocycles. The van der Waals surface area contributed by atoms with Gasteiger partial charge in [0.15, 0.2) is 0 Å². The van der Waals surface area contributed by atoms with E-state index in [-0.39, 0.29) is 0 Å². The van der Waals surface area contributed by atoms with Gasteiger partial charge in [0.1, 0.15) is 5.82 Å². The molecule has 0 amide bonds. The fourth-order valence-corrected chi connectivity index (χ4v) is 2.00. The number of hydrogen-bond acceptors (Lipinski definition) is 4. The molecular formula is C14H17ClN4. The second-order valence-corrected chi connectivity index (χ2v) is 4.59. The fourth-order valence-electron chi connectivity index (χ4n) is 1.87. The zero-order valence-corrected chi connectivity index (χ0v) is 11.9. The van der Waals surface area contributed by atoms with Crippen molar-refractivity contribution in [1.29, 1.82) is 0 Å². The molecule has 4 nitrogen and oxygen atoms in total. The van der Waals surface area contributed by atoms with Gasteiger partial charge in [-0.3, -0.25) is 0 Å². The van der Waals surface area contributed by atoms with Crippen LogP contribution in [0, 0.1) is 0 Å². The lowest BCUT2D eigenvalue weighted by Gasteiger charge is -2.19. The van der Waals surface area contributed by atoms with Crippen molar-refractivity contribution in [3.8, 4) is 11.3 Å². The van der Waals surface area contributed by atoms with E-state index in [1.807, 2.05) is 24.3 Å². The summed E-state index contributed by atoms with van der Waals surface area (Å²) < 4.78 is 0. The number of nitrogens with zero attached hydrogens (tertiary/aromatic N) is 3. The molecule has 0 radical (unpaired) electrons. The van der Waals surface area contributed by atoms with Gasteiger partial charge in [0.25, 0.3) is 0 Å². The Hall–Kier alpha value is -1.81. The predicted octanol–water partition coefficient (Wildman–Crippen LogP) is 3.23. The Kier molecular flexibility index (Phi) is 4.22. The van der Waals surface area contributed by atoms with Gasteiger partial charge in [-0.25, -0.2) is 4.98 Å². The average molecular weight is 277 g/mol. The number of nitrogen functional groups attached to an aromatic ring is 1. The van der Waals surface area contributed by atoms with Crippen LogP contribution in [0.15, 0.2) is 30.3 Å². The maximum absolute atomic E-state index is 5.89. The van der Waals surface area contributed by atoms with Gasteiger partial charge in [-0.1, -0.05) is 23.7 Å². The lowest BCUT2D eigenvalue weighted by atomic mass is 10.1. The highest BCUT2D eigenvalue weighted by Gasteiger charge is 2.09. The van der Waals surface area contributed by atoms with Crippen LogP contribution in [0.25, 0.3) is 11.3 Å². The van der Waals surface area contributed by atoms with E-state index in [0.717, 1.165) is 24.3 Å². The van der Waals surface area contributed by atoms with E-state index < -0.39 is 0 Å². The maximum Gasteiger partial charge on any atom is 0.227 e. The largest absolute Gasteiger partial charge is 0.384 e. The van der Waals surface area contributed by atoms with Crippen LogP contribution >= 0.6 is 11.6 Å². The van der Waals surface area contributed by atoms with E-state index in [9.17, 15) is 0 Å². The van der Waals surface area contributed by atoms with E-state index in [1.54, 1.807) is 6.07 Å². The van der Waals surface area contributed by atoms with Gasteiger partial charge in [0.2, 0.25) is 5.95 Å². The Morgan fingerprint density at radius 3 is 2.32 bits per heavy atom. The van der Waals surface area contributed by atoms with Crippen LogP contribution < -0.4 is 10.6 Å². The number of anilines is 2. The first-order chi connectivity index (χ1) is 9.13. The summed E-state index contributed by atoms with van der Waals surface area (Å²) in [4.78, 5) is 10.9. The monoisotopic (exact) mass is 276 g/mol. The summed E-state index contributed by atoms with van der Waals surface area (Å²) in [5, 5.41) is 0.703. The Balaban J connectivity index is 2.44. The summed E-state index contributed by atoms with van der Waals surface area (Å²) in [5.74, 6) is 1.14. The maximum atomic E-state index is 5.89. The van der Waals surface area contributed by atoms with Crippen molar-refractivity contribution in [2.45, 2.75) is 13.8 Å². The molecule has 19 heavy (non-hydrogen) atoms. The highest BCUT2D eigenvalue weighted by molar-refractivity contribution is 6.30. The molecule has 0 atom stereocenters. The van der Waals surface area contributed by atoms with Crippen LogP contribution in [0.5, 0.6) is 0 Å². The highest BCUT2D eigenvalue weighted by Crippen LogP contribution is 2.23. The van der Waals surface area contributed by atoms with Crippen LogP contribution in [-0.2, 0) is 0 Å². The topological polar surface area (TPSA) is 55.0 Å². The van der Waals surface area contributed by atoms with E-state index in [1.165, 1.54) is 0 Å². The zero-order valence-electron chi connectivity index (χ0n) is 11.1. The molecule has 1 aromatic heterocycles. The predicted molar refractivity (Wildman–Crippen MR) is 80.5 cm³/mol. The third kappa shape index (κ3) is 3.15. The number of halogens is 1. The van der Waals surface area contributed by atoms with E-state index in [0.29, 0.717) is 16.8 Å². The third-order valence-corrected chi connectivity index (χ3v) is 3.17. The molecule has 100 valence electrons. The molecule has 2 rings (SSSR count). The van der Waals surface area contributed by atoms with Crippen molar-refractivity contribution in [1.82, 2.24) is 9.97 Å². The Bertz CT molecular complexity index is 550. The van der Waals surface area contributed by atoms with E-state index in [2.05, 4.69) is 28.7 Å². The van der Waals surface area contributed by atoms with Crippen LogP contribution in [0.2, 0.25) is 5.02 Å². The molecule has 0 aliphatic carbocycles. The first-order valence-corrected chi connectivity index (χ1v) is 6.67. The SMILES string of the molecule is CCN(CC)c1nc(N)cc(-c2ccc(Cl)cc2)n1. The Morgan fingerprint density at radius 2 is 1.74 bits per heavy atom. The Labute approximate surface area is 118 Å². The third-order valence-electron chi connectivity index (χ3n) is 2.92. The van der Waals surface area contributed by atoms with Gasteiger partial charge < -0.3 is 10.6 Å². The summed E-state index contributed by atoms with van der Waals surface area (Å²) >= 11 is 5.89. The van der Waals surface area contributed by atoms with Gasteiger partial charge in [-0.2, -0.15) is 4.98 Å². The molecule has 2 aromatic rings. The quantitative estimate of drug-likeness (QED) is 0.931. The minimum atomic E-state index is 0.474. The van der Waals surface area contributed by atoms with Gasteiger partial charge in [-0.15, -0.1) is 0 Å². The molecule has 1 heterocycles. The first kappa shape index (κ1) is 13.6. The number of nitrogens with two attached hydrogens (primary N) is 1. The standard InChI is InChI=1S/C14H17ClN4/c1-3-19(4-2)14-17-12(9-13(16)18-14)10-5-7-11(15)8-6-10/h5-9H,3-4H2,1-2H3,(H2,16,17,18). The number of benzene rings is 1. The van der Waals surface area contributed by atoms with Crippen molar-refractivity contribution in [3.05, 3.63) is 35.4 Å². The fraction of sp³-hybridized carbons (Fsp3) is 0.286. The highest BCUT2D eigenvalue weighted by atomic mass is 35.5. The van der Waals surface area contributed by atoms with E-state index >= 15 is 0 Å². The van der Waals surface area contributed by atoms with Gasteiger partial charge in [0.05, 0.1) is 5.69 Å². The molecular weight excluding hydrogens is 260 g/mol. The molecule has 0 aliphatic rings. The molecule has 2 N–H and O–H groups in total. The summed E-state index contributed by atoms with van der Waals surface area (Å²) in [6.07, 6.45) is 0. The molecule has 5 heteroatoms. The number of hydrogen-bond donors (Lipinski definition) is 1. The first-order valence-electron chi connectivity index (χ1n) is 6.29. The van der Waals surface area contributed by atoms with Gasteiger partial charge in [0, 0.05) is 29.7 Å². The van der Waals surface area contributed by atoms with Crippen molar-refractivity contribution in [3.63, 3.8) is 0 Å². The number of rotatable bonds is 4. The second-order valence-electron chi connectivity index (χ2n) is 4.16. The molecule has 0 bridgehead atoms. The van der Waals surface area contributed by atoms with Gasteiger partial charge >= 0.3 is 0 Å². The molecule has 1 aromatic carbocycles. The lowest BCUT2D eigenvalue weighted by molar-refractivity contribution is 0.824. The van der Waals surface area contributed by atoms with Crippen molar-refractivity contribution in [2.24, 2.45) is 0 Å². The van der Waals surface area contributed by atoms with E-state index in [4.69, 9.17) is 17.3 Å². The average Bonchev–Trinajstić information content (AvgIpc) is 2.40.